The second-order valence-electron chi connectivity index (χ2n) is 6.36. The van der Waals surface area contributed by atoms with E-state index in [0.717, 1.165) is 18.4 Å². The minimum Gasteiger partial charge on any atom is -0.493 e. The molecule has 0 atom stereocenters. The maximum atomic E-state index is 12.0. The largest absolute Gasteiger partial charge is 0.493 e. The number of benzene rings is 1. The van der Waals surface area contributed by atoms with E-state index < -0.39 is 0 Å². The van der Waals surface area contributed by atoms with E-state index in [1.807, 2.05) is 12.1 Å². The molecule has 0 unspecified atom stereocenters. The molecule has 0 aliphatic rings. The Balaban J connectivity index is 2.29. The van der Waals surface area contributed by atoms with Crippen molar-refractivity contribution in [2.75, 3.05) is 33.9 Å². The molecule has 0 bridgehead atoms. The number of unbranched alkanes of at least 4 members (excludes halogenated alkanes) is 1. The number of methoxy groups -OCH3 is 2. The number of nitrogens with one attached hydrogen (secondary N) is 2. The summed E-state index contributed by atoms with van der Waals surface area (Å²) < 4.78 is 15.3. The van der Waals surface area contributed by atoms with E-state index >= 15 is 0 Å². The Morgan fingerprint density at radius 1 is 1.00 bits per heavy atom. The van der Waals surface area contributed by atoms with E-state index in [-0.39, 0.29) is 24.4 Å². The number of hydrogen-bond donors (Lipinski definition) is 2. The van der Waals surface area contributed by atoms with E-state index in [2.05, 4.69) is 10.6 Å². The van der Waals surface area contributed by atoms with Gasteiger partial charge in [0.05, 0.1) is 14.2 Å². The highest BCUT2D eigenvalue weighted by molar-refractivity contribution is 5.93. The van der Waals surface area contributed by atoms with Gasteiger partial charge in [0.1, 0.15) is 6.61 Å². The van der Waals surface area contributed by atoms with Crippen LogP contribution in [0.4, 0.5) is 0 Å². The molecule has 0 aliphatic heterocycles. The summed E-state index contributed by atoms with van der Waals surface area (Å²) in [4.78, 5) is 34.5. The van der Waals surface area contributed by atoms with E-state index in [4.69, 9.17) is 14.2 Å². The molecule has 0 spiro atoms. The van der Waals surface area contributed by atoms with Gasteiger partial charge in [0, 0.05) is 37.2 Å². The molecule has 2 N–H and O–H groups in total. The molecule has 1 rings (SSSR count). The topological polar surface area (TPSA) is 103 Å². The first kappa shape index (κ1) is 24.7. The second kappa shape index (κ2) is 13.8. The molecular formula is C22H30N2O6. The van der Waals surface area contributed by atoms with Gasteiger partial charge in [-0.05, 0) is 38.0 Å². The van der Waals surface area contributed by atoms with Crippen molar-refractivity contribution in [3.63, 3.8) is 0 Å². The predicted octanol–water partition coefficient (Wildman–Crippen LogP) is 2.24. The highest BCUT2D eigenvalue weighted by Crippen LogP contribution is 2.31. The summed E-state index contributed by atoms with van der Waals surface area (Å²) >= 11 is 0. The Hall–Kier alpha value is -3.29. The maximum absolute atomic E-state index is 12.0. The fraction of sp³-hybridized carbons (Fsp3) is 0.409. The molecule has 1 aromatic rings. The average molecular weight is 418 g/mol. The van der Waals surface area contributed by atoms with Crippen LogP contribution >= 0.6 is 0 Å². The SMILES string of the molecule is COc1cccc(/C=C/C(=O)NCCCCNC(=O)/C(C)=C/COC(C)=O)c1OC. The number of ether oxygens (including phenoxy) is 3. The van der Waals surface area contributed by atoms with E-state index in [1.54, 1.807) is 39.4 Å². The fourth-order valence-electron chi connectivity index (χ4n) is 2.45. The Kier molecular flexibility index (Phi) is 11.4. The lowest BCUT2D eigenvalue weighted by atomic mass is 10.1. The lowest BCUT2D eigenvalue weighted by Crippen LogP contribution is -2.27. The van der Waals surface area contributed by atoms with Crippen LogP contribution in [0.5, 0.6) is 11.5 Å². The Bertz CT molecular complexity index is 786. The number of carbonyl (C=O) groups is 3. The average Bonchev–Trinajstić information content (AvgIpc) is 2.73. The summed E-state index contributed by atoms with van der Waals surface area (Å²) in [5.41, 5.74) is 1.23. The lowest BCUT2D eigenvalue weighted by Gasteiger charge is -2.09. The molecular weight excluding hydrogens is 388 g/mol. The number of hydrogen-bond acceptors (Lipinski definition) is 6. The zero-order valence-corrected chi connectivity index (χ0v) is 17.9. The quantitative estimate of drug-likeness (QED) is 0.307. The smallest absolute Gasteiger partial charge is 0.302 e. The molecule has 8 nitrogen and oxygen atoms in total. The maximum Gasteiger partial charge on any atom is 0.302 e. The van der Waals surface area contributed by atoms with Crippen LogP contribution in [0.1, 0.15) is 32.3 Å². The highest BCUT2D eigenvalue weighted by atomic mass is 16.5. The van der Waals surface area contributed by atoms with Gasteiger partial charge in [-0.3, -0.25) is 14.4 Å². The number of para-hydroxylation sites is 1. The molecule has 0 saturated carbocycles. The van der Waals surface area contributed by atoms with Crippen LogP contribution in [-0.4, -0.2) is 51.7 Å². The predicted molar refractivity (Wildman–Crippen MR) is 114 cm³/mol. The van der Waals surface area contributed by atoms with Gasteiger partial charge in [0.2, 0.25) is 11.8 Å². The summed E-state index contributed by atoms with van der Waals surface area (Å²) in [7, 11) is 3.10. The summed E-state index contributed by atoms with van der Waals surface area (Å²) in [6.45, 7) is 4.03. The van der Waals surface area contributed by atoms with Crippen molar-refractivity contribution < 1.29 is 28.6 Å². The Labute approximate surface area is 177 Å². The number of esters is 1. The zero-order chi connectivity index (χ0) is 22.4. The molecule has 0 radical (unpaired) electrons. The lowest BCUT2D eigenvalue weighted by molar-refractivity contribution is -0.139. The molecule has 30 heavy (non-hydrogen) atoms. The Morgan fingerprint density at radius 3 is 2.33 bits per heavy atom. The van der Waals surface area contributed by atoms with Crippen LogP contribution in [0.15, 0.2) is 35.9 Å². The minimum absolute atomic E-state index is 0.0791. The van der Waals surface area contributed by atoms with Crippen molar-refractivity contribution in [3.8, 4) is 11.5 Å². The molecule has 0 aliphatic carbocycles. The summed E-state index contributed by atoms with van der Waals surface area (Å²) in [5.74, 6) is 0.351. The van der Waals surface area contributed by atoms with Crippen molar-refractivity contribution in [3.05, 3.63) is 41.5 Å². The third-order valence-electron chi connectivity index (χ3n) is 4.07. The standard InChI is InChI=1S/C22H30N2O6/c1-16(12-15-30-17(2)25)22(27)24-14-6-5-13-23-20(26)11-10-18-8-7-9-19(28-3)21(18)29-4/h7-12H,5-6,13-15H2,1-4H3,(H,23,26)(H,24,27)/b11-10+,16-12+. The molecule has 0 fully saturated rings. The second-order valence-corrected chi connectivity index (χ2v) is 6.36. The van der Waals surface area contributed by atoms with Crippen LogP contribution < -0.4 is 20.1 Å². The zero-order valence-electron chi connectivity index (χ0n) is 17.9. The van der Waals surface area contributed by atoms with Gasteiger partial charge in [0.15, 0.2) is 11.5 Å². The monoisotopic (exact) mass is 418 g/mol. The van der Waals surface area contributed by atoms with Crippen molar-refractivity contribution in [1.82, 2.24) is 10.6 Å². The van der Waals surface area contributed by atoms with Gasteiger partial charge in [-0.1, -0.05) is 12.1 Å². The number of amides is 2. The number of rotatable bonds is 12. The highest BCUT2D eigenvalue weighted by Gasteiger charge is 2.07. The van der Waals surface area contributed by atoms with Crippen LogP contribution in [0.3, 0.4) is 0 Å². The summed E-state index contributed by atoms with van der Waals surface area (Å²) in [6, 6.07) is 5.43. The van der Waals surface area contributed by atoms with Gasteiger partial charge >= 0.3 is 5.97 Å². The molecule has 0 heterocycles. The van der Waals surface area contributed by atoms with Crippen molar-refractivity contribution in [2.45, 2.75) is 26.7 Å². The van der Waals surface area contributed by atoms with Gasteiger partial charge < -0.3 is 24.8 Å². The van der Waals surface area contributed by atoms with Crippen LogP contribution in [0.2, 0.25) is 0 Å². The van der Waals surface area contributed by atoms with Crippen LogP contribution in [0, 0.1) is 0 Å². The van der Waals surface area contributed by atoms with E-state index in [9.17, 15) is 14.4 Å². The summed E-state index contributed by atoms with van der Waals surface area (Å²) in [6.07, 6.45) is 6.11. The van der Waals surface area contributed by atoms with Crippen molar-refractivity contribution in [2.24, 2.45) is 0 Å². The first-order chi connectivity index (χ1) is 14.4. The number of carbonyl (C=O) groups excluding carboxylic acids is 3. The van der Waals surface area contributed by atoms with Gasteiger partial charge in [-0.25, -0.2) is 0 Å². The Morgan fingerprint density at radius 2 is 1.70 bits per heavy atom. The molecule has 164 valence electrons. The fourth-order valence-corrected chi connectivity index (χ4v) is 2.45. The molecule has 1 aromatic carbocycles. The van der Waals surface area contributed by atoms with Crippen LogP contribution in [0.25, 0.3) is 6.08 Å². The van der Waals surface area contributed by atoms with E-state index in [0.29, 0.717) is 30.2 Å². The third kappa shape index (κ3) is 9.27. The minimum atomic E-state index is -0.390. The van der Waals surface area contributed by atoms with E-state index in [1.165, 1.54) is 13.0 Å². The van der Waals surface area contributed by atoms with Crippen LogP contribution in [-0.2, 0) is 19.1 Å². The van der Waals surface area contributed by atoms with Gasteiger partial charge in [-0.15, -0.1) is 0 Å². The molecule has 0 aromatic heterocycles. The third-order valence-corrected chi connectivity index (χ3v) is 4.07. The summed E-state index contributed by atoms with van der Waals surface area (Å²) in [5, 5.41) is 5.58. The normalized spacial score (nSPS) is 11.1. The molecule has 2 amide bonds. The van der Waals surface area contributed by atoms with Crippen molar-refractivity contribution >= 4 is 23.9 Å². The van der Waals surface area contributed by atoms with Crippen molar-refractivity contribution in [1.29, 1.82) is 0 Å². The van der Waals surface area contributed by atoms with Gasteiger partial charge in [0.25, 0.3) is 0 Å². The van der Waals surface area contributed by atoms with Gasteiger partial charge in [-0.2, -0.15) is 0 Å². The first-order valence-electron chi connectivity index (χ1n) is 9.64. The molecule has 0 saturated heterocycles. The first-order valence-corrected chi connectivity index (χ1v) is 9.64. The molecule has 8 heteroatoms.